The molecule has 0 atom stereocenters. The molecule has 1 aliphatic heterocycles. The number of sulfone groups is 1. The third-order valence-corrected chi connectivity index (χ3v) is 6.01. The Morgan fingerprint density at radius 3 is 2.54 bits per heavy atom. The molecule has 1 aliphatic rings. The molecule has 3 rings (SSSR count). The number of carbonyl (C=O) groups is 1. The zero-order valence-electron chi connectivity index (χ0n) is 14.7. The Morgan fingerprint density at radius 2 is 1.89 bits per heavy atom. The minimum absolute atomic E-state index is 0.0262. The summed E-state index contributed by atoms with van der Waals surface area (Å²) in [4.78, 5) is 24.1. The maximum atomic E-state index is 13.3. The van der Waals surface area contributed by atoms with Gasteiger partial charge in [0.05, 0.1) is 23.9 Å². The van der Waals surface area contributed by atoms with Crippen LogP contribution < -0.4 is 0 Å². The van der Waals surface area contributed by atoms with Crippen molar-refractivity contribution in [2.24, 2.45) is 0 Å². The summed E-state index contributed by atoms with van der Waals surface area (Å²) in [6.45, 7) is 1.44. The Balaban J connectivity index is 1.94. The van der Waals surface area contributed by atoms with E-state index in [1.807, 2.05) is 0 Å². The van der Waals surface area contributed by atoms with E-state index in [2.05, 4.69) is 0 Å². The lowest BCUT2D eigenvalue weighted by molar-refractivity contribution is -0.387. The molecule has 0 radical (unpaired) electrons. The van der Waals surface area contributed by atoms with Gasteiger partial charge in [-0.3, -0.25) is 14.9 Å². The first-order chi connectivity index (χ1) is 13.3. The zero-order valence-corrected chi connectivity index (χ0v) is 15.5. The maximum Gasteiger partial charge on any atom is 0.288 e. The summed E-state index contributed by atoms with van der Waals surface area (Å²) in [6, 6.07) is 8.28. The summed E-state index contributed by atoms with van der Waals surface area (Å²) in [5.41, 5.74) is -0.489. The second kappa shape index (κ2) is 8.03. The zero-order chi connectivity index (χ0) is 20.3. The van der Waals surface area contributed by atoms with Crippen LogP contribution in [-0.2, 0) is 20.3 Å². The quantitative estimate of drug-likeness (QED) is 0.554. The number of nitro benzene ring substituents is 1. The largest absolute Gasteiger partial charge is 0.378 e. The summed E-state index contributed by atoms with van der Waals surface area (Å²) >= 11 is 0. The fraction of sp³-hybridized carbons (Fsp3) is 0.278. The molecule has 1 amide bonds. The molecule has 0 saturated carbocycles. The van der Waals surface area contributed by atoms with E-state index in [1.165, 1.54) is 29.2 Å². The molecule has 0 spiro atoms. The third kappa shape index (κ3) is 4.34. The molecule has 1 heterocycles. The molecule has 0 bridgehead atoms. The molecule has 28 heavy (non-hydrogen) atoms. The van der Waals surface area contributed by atoms with Crippen LogP contribution >= 0.6 is 0 Å². The van der Waals surface area contributed by atoms with Crippen LogP contribution in [0.4, 0.5) is 10.1 Å². The first kappa shape index (κ1) is 19.9. The lowest BCUT2D eigenvalue weighted by Gasteiger charge is -2.26. The van der Waals surface area contributed by atoms with Gasteiger partial charge < -0.3 is 9.64 Å². The van der Waals surface area contributed by atoms with Gasteiger partial charge in [-0.05, 0) is 29.8 Å². The number of hydrogen-bond donors (Lipinski definition) is 0. The number of benzene rings is 2. The summed E-state index contributed by atoms with van der Waals surface area (Å²) in [5.74, 6) is -1.63. The van der Waals surface area contributed by atoms with Gasteiger partial charge in [-0.15, -0.1) is 0 Å². The monoisotopic (exact) mass is 408 g/mol. The van der Waals surface area contributed by atoms with Gasteiger partial charge in [-0.25, -0.2) is 12.8 Å². The van der Waals surface area contributed by atoms with Crippen molar-refractivity contribution >= 4 is 21.4 Å². The molecule has 2 aromatic carbocycles. The Labute approximate surface area is 160 Å². The van der Waals surface area contributed by atoms with Crippen LogP contribution in [0.1, 0.15) is 15.9 Å². The highest BCUT2D eigenvalue weighted by Crippen LogP contribution is 2.28. The number of morpholine rings is 1. The van der Waals surface area contributed by atoms with Gasteiger partial charge in [0.1, 0.15) is 10.7 Å². The SMILES string of the molecule is O=C(c1ccc(S(=O)(=O)Cc2cccc(F)c2)c([N+](=O)[O-])c1)N1CCOCC1. The van der Waals surface area contributed by atoms with Gasteiger partial charge in [-0.2, -0.15) is 0 Å². The molecule has 2 aromatic rings. The molecular weight excluding hydrogens is 391 g/mol. The second-order valence-corrected chi connectivity index (χ2v) is 8.19. The normalized spacial score (nSPS) is 14.7. The number of halogens is 1. The molecule has 1 fully saturated rings. The van der Waals surface area contributed by atoms with Crippen molar-refractivity contribution in [1.29, 1.82) is 0 Å². The average Bonchev–Trinajstić information content (AvgIpc) is 2.67. The van der Waals surface area contributed by atoms with Crippen LogP contribution in [0, 0.1) is 15.9 Å². The van der Waals surface area contributed by atoms with Gasteiger partial charge in [0, 0.05) is 24.7 Å². The molecule has 0 unspecified atom stereocenters. The number of nitro groups is 1. The molecule has 0 N–H and O–H groups in total. The minimum Gasteiger partial charge on any atom is -0.378 e. The van der Waals surface area contributed by atoms with E-state index in [-0.39, 0.29) is 11.1 Å². The van der Waals surface area contributed by atoms with Gasteiger partial charge in [0.25, 0.3) is 11.6 Å². The number of amides is 1. The van der Waals surface area contributed by atoms with E-state index in [0.717, 1.165) is 18.2 Å². The second-order valence-electron chi connectivity index (χ2n) is 6.23. The van der Waals surface area contributed by atoms with Crippen molar-refractivity contribution < 1.29 is 27.3 Å². The predicted octanol–water partition coefficient (Wildman–Crippen LogP) is 2.18. The lowest BCUT2D eigenvalue weighted by atomic mass is 10.1. The van der Waals surface area contributed by atoms with E-state index in [4.69, 9.17) is 4.74 Å². The van der Waals surface area contributed by atoms with E-state index in [0.29, 0.717) is 26.3 Å². The maximum absolute atomic E-state index is 13.3. The lowest BCUT2D eigenvalue weighted by Crippen LogP contribution is -2.40. The number of carbonyl (C=O) groups excluding carboxylic acids is 1. The molecule has 0 aromatic heterocycles. The van der Waals surface area contributed by atoms with Crippen LogP contribution in [0.3, 0.4) is 0 Å². The molecule has 8 nitrogen and oxygen atoms in total. The van der Waals surface area contributed by atoms with E-state index >= 15 is 0 Å². The van der Waals surface area contributed by atoms with E-state index in [1.54, 1.807) is 0 Å². The highest BCUT2D eigenvalue weighted by atomic mass is 32.2. The Bertz CT molecular complexity index is 1020. The predicted molar refractivity (Wildman–Crippen MR) is 97.1 cm³/mol. The number of hydrogen-bond acceptors (Lipinski definition) is 6. The molecule has 1 saturated heterocycles. The summed E-state index contributed by atoms with van der Waals surface area (Å²) in [6.07, 6.45) is 0. The van der Waals surface area contributed by atoms with Crippen molar-refractivity contribution in [3.05, 3.63) is 69.5 Å². The first-order valence-corrected chi connectivity index (χ1v) is 10.1. The van der Waals surface area contributed by atoms with Crippen LogP contribution in [0.2, 0.25) is 0 Å². The van der Waals surface area contributed by atoms with Crippen LogP contribution in [0.5, 0.6) is 0 Å². The van der Waals surface area contributed by atoms with Gasteiger partial charge in [-0.1, -0.05) is 12.1 Å². The van der Waals surface area contributed by atoms with Crippen LogP contribution in [-0.4, -0.2) is 50.5 Å². The van der Waals surface area contributed by atoms with Crippen molar-refractivity contribution in [1.82, 2.24) is 4.90 Å². The molecular formula is C18H17FN2O6S. The highest BCUT2D eigenvalue weighted by molar-refractivity contribution is 7.90. The van der Waals surface area contributed by atoms with Crippen molar-refractivity contribution in [2.75, 3.05) is 26.3 Å². The van der Waals surface area contributed by atoms with Gasteiger partial charge in [0.15, 0.2) is 9.84 Å². The number of nitrogens with zero attached hydrogens (tertiary/aromatic N) is 2. The third-order valence-electron chi connectivity index (χ3n) is 4.28. The average molecular weight is 408 g/mol. The summed E-state index contributed by atoms with van der Waals surface area (Å²) in [5, 5.41) is 11.5. The minimum atomic E-state index is -4.13. The standard InChI is InChI=1S/C18H17FN2O6S/c19-15-3-1-2-13(10-15)12-28(25,26)17-5-4-14(11-16(17)21(23)24)18(22)20-6-8-27-9-7-20/h1-5,10-11H,6-9,12H2. The fourth-order valence-electron chi connectivity index (χ4n) is 2.93. The summed E-state index contributed by atoms with van der Waals surface area (Å²) in [7, 11) is -4.13. The first-order valence-electron chi connectivity index (χ1n) is 8.40. The van der Waals surface area contributed by atoms with E-state index in [9.17, 15) is 27.7 Å². The Kier molecular flexibility index (Phi) is 5.71. The Morgan fingerprint density at radius 1 is 1.18 bits per heavy atom. The number of ether oxygens (including phenoxy) is 1. The fourth-order valence-corrected chi connectivity index (χ4v) is 4.43. The Hall–Kier alpha value is -2.85. The van der Waals surface area contributed by atoms with Crippen molar-refractivity contribution in [3.63, 3.8) is 0 Å². The molecule has 0 aliphatic carbocycles. The van der Waals surface area contributed by atoms with Crippen LogP contribution in [0.15, 0.2) is 47.4 Å². The summed E-state index contributed by atoms with van der Waals surface area (Å²) < 4.78 is 43.8. The molecule has 148 valence electrons. The van der Waals surface area contributed by atoms with Crippen LogP contribution in [0.25, 0.3) is 0 Å². The van der Waals surface area contributed by atoms with Crippen molar-refractivity contribution in [3.8, 4) is 0 Å². The topological polar surface area (TPSA) is 107 Å². The molecule has 10 heteroatoms. The highest BCUT2D eigenvalue weighted by Gasteiger charge is 2.29. The number of rotatable bonds is 5. The smallest absolute Gasteiger partial charge is 0.288 e. The van der Waals surface area contributed by atoms with E-state index < -0.39 is 42.8 Å². The van der Waals surface area contributed by atoms with Gasteiger partial charge in [0.2, 0.25) is 0 Å². The van der Waals surface area contributed by atoms with Crippen molar-refractivity contribution in [2.45, 2.75) is 10.6 Å². The van der Waals surface area contributed by atoms with Gasteiger partial charge >= 0.3 is 0 Å².